The van der Waals surface area contributed by atoms with Crippen molar-refractivity contribution in [1.29, 1.82) is 0 Å². The highest BCUT2D eigenvalue weighted by Gasteiger charge is 2.71. The summed E-state index contributed by atoms with van der Waals surface area (Å²) in [4.78, 5) is 24.9. The van der Waals surface area contributed by atoms with Gasteiger partial charge in [0.15, 0.2) is 23.7 Å². The summed E-state index contributed by atoms with van der Waals surface area (Å²) in [5.41, 5.74) is 0.498. The monoisotopic (exact) mass is 456 g/mol. The SMILES string of the molecule is COc1ccc2c3c1O[C@H]1C(OC(=O)C[C@H]4OC(C)(C)OC4=O)=CC[C@@]4(O)[C@H](CCC[C@]314)C2. The molecule has 1 aromatic carbocycles. The first-order valence-electron chi connectivity index (χ1n) is 11.6. The Labute approximate surface area is 191 Å². The van der Waals surface area contributed by atoms with Crippen molar-refractivity contribution in [3.05, 3.63) is 35.1 Å². The van der Waals surface area contributed by atoms with Gasteiger partial charge in [-0.15, -0.1) is 0 Å². The summed E-state index contributed by atoms with van der Waals surface area (Å²) >= 11 is 0. The van der Waals surface area contributed by atoms with Gasteiger partial charge < -0.3 is 28.8 Å². The Morgan fingerprint density at radius 2 is 2.12 bits per heavy atom. The second kappa shape index (κ2) is 6.73. The minimum absolute atomic E-state index is 0.113. The molecule has 1 aromatic rings. The van der Waals surface area contributed by atoms with Crippen LogP contribution in [0.5, 0.6) is 11.5 Å². The molecule has 0 aromatic heterocycles. The van der Waals surface area contributed by atoms with Crippen molar-refractivity contribution < 1.29 is 38.4 Å². The summed E-state index contributed by atoms with van der Waals surface area (Å²) in [6.07, 6.45) is 3.70. The van der Waals surface area contributed by atoms with Gasteiger partial charge in [-0.1, -0.05) is 12.5 Å². The zero-order valence-corrected chi connectivity index (χ0v) is 19.0. The maximum atomic E-state index is 12.8. The Hall–Kier alpha value is -2.58. The average Bonchev–Trinajstić information content (AvgIpc) is 3.22. The normalized spacial score (nSPS) is 36.9. The van der Waals surface area contributed by atoms with E-state index < -0.39 is 40.9 Å². The summed E-state index contributed by atoms with van der Waals surface area (Å²) in [7, 11) is 1.60. The maximum Gasteiger partial charge on any atom is 0.338 e. The largest absolute Gasteiger partial charge is 0.493 e. The summed E-state index contributed by atoms with van der Waals surface area (Å²) in [6.45, 7) is 3.24. The number of esters is 2. The number of hydrogen-bond acceptors (Lipinski definition) is 8. The first kappa shape index (κ1) is 21.0. The highest BCUT2D eigenvalue weighted by Crippen LogP contribution is 2.67. The van der Waals surface area contributed by atoms with Gasteiger partial charge in [0.05, 0.1) is 24.5 Å². The van der Waals surface area contributed by atoms with Crippen LogP contribution in [0.15, 0.2) is 24.0 Å². The fourth-order valence-corrected chi connectivity index (χ4v) is 6.85. The van der Waals surface area contributed by atoms with E-state index in [2.05, 4.69) is 6.07 Å². The molecule has 1 saturated carbocycles. The van der Waals surface area contributed by atoms with Crippen LogP contribution in [-0.4, -0.2) is 47.8 Å². The molecule has 0 amide bonds. The lowest BCUT2D eigenvalue weighted by molar-refractivity contribution is -0.164. The van der Waals surface area contributed by atoms with Crippen LogP contribution < -0.4 is 9.47 Å². The summed E-state index contributed by atoms with van der Waals surface area (Å²) in [6, 6.07) is 3.97. The van der Waals surface area contributed by atoms with Crippen LogP contribution in [0.1, 0.15) is 57.1 Å². The zero-order valence-electron chi connectivity index (χ0n) is 19.0. The van der Waals surface area contributed by atoms with Crippen LogP contribution >= 0.6 is 0 Å². The standard InChI is InChI=1S/C25H28O8/c1-23(2)32-17(22(27)33-23)12-18(26)30-16-8-10-25(28)14-5-4-9-24(25)19-13(11-14)6-7-15(29-3)20(19)31-21(16)24/h6-8,14,17,21,28H,4-5,9-12H2,1-3H3/t14-,17-,21+,24+,25-/m1/s1. The minimum Gasteiger partial charge on any atom is -0.493 e. The number of carbonyl (C=O) groups is 2. The molecular weight excluding hydrogens is 428 g/mol. The highest BCUT2D eigenvalue weighted by molar-refractivity contribution is 5.83. The molecule has 2 aliphatic heterocycles. The van der Waals surface area contributed by atoms with Crippen molar-refractivity contribution in [3.63, 3.8) is 0 Å². The number of hydrogen-bond donors (Lipinski definition) is 1. The van der Waals surface area contributed by atoms with Gasteiger partial charge >= 0.3 is 11.9 Å². The van der Waals surface area contributed by atoms with Crippen LogP contribution in [0.2, 0.25) is 0 Å². The Morgan fingerprint density at radius 1 is 1.30 bits per heavy atom. The van der Waals surface area contributed by atoms with Gasteiger partial charge in [-0.25, -0.2) is 4.79 Å². The van der Waals surface area contributed by atoms with E-state index in [-0.39, 0.29) is 12.3 Å². The van der Waals surface area contributed by atoms with Crippen LogP contribution in [0.3, 0.4) is 0 Å². The maximum absolute atomic E-state index is 12.8. The quantitative estimate of drug-likeness (QED) is 0.691. The van der Waals surface area contributed by atoms with Crippen molar-refractivity contribution >= 4 is 11.9 Å². The van der Waals surface area contributed by atoms with Crippen LogP contribution in [0.25, 0.3) is 0 Å². The van der Waals surface area contributed by atoms with Crippen LogP contribution in [0, 0.1) is 5.92 Å². The van der Waals surface area contributed by atoms with E-state index in [1.807, 2.05) is 6.07 Å². The summed E-state index contributed by atoms with van der Waals surface area (Å²) in [5, 5.41) is 12.1. The number of methoxy groups -OCH3 is 1. The Balaban J connectivity index is 1.35. The molecule has 176 valence electrons. The van der Waals surface area contributed by atoms with E-state index in [4.69, 9.17) is 23.7 Å². The lowest BCUT2D eigenvalue weighted by atomic mass is 9.47. The molecule has 8 nitrogen and oxygen atoms in total. The molecule has 2 bridgehead atoms. The molecule has 5 aliphatic rings. The van der Waals surface area contributed by atoms with E-state index in [0.29, 0.717) is 23.7 Å². The van der Waals surface area contributed by atoms with Crippen molar-refractivity contribution in [2.75, 3.05) is 7.11 Å². The molecule has 6 rings (SSSR count). The number of benzene rings is 1. The van der Waals surface area contributed by atoms with Gasteiger partial charge in [-0.2, -0.15) is 0 Å². The fraction of sp³-hybridized carbons (Fsp3) is 0.600. The minimum atomic E-state index is -1.07. The van der Waals surface area contributed by atoms with Gasteiger partial charge in [-0.3, -0.25) is 4.79 Å². The molecule has 0 unspecified atom stereocenters. The Kier molecular flexibility index (Phi) is 4.28. The number of carbonyl (C=O) groups excluding carboxylic acids is 2. The Bertz CT molecular complexity index is 1090. The van der Waals surface area contributed by atoms with E-state index >= 15 is 0 Å². The zero-order chi connectivity index (χ0) is 23.2. The molecule has 33 heavy (non-hydrogen) atoms. The molecule has 3 aliphatic carbocycles. The molecule has 2 heterocycles. The first-order chi connectivity index (χ1) is 15.7. The van der Waals surface area contributed by atoms with E-state index in [1.165, 1.54) is 5.56 Å². The molecule has 1 saturated heterocycles. The third-order valence-corrected chi connectivity index (χ3v) is 8.09. The lowest BCUT2D eigenvalue weighted by Gasteiger charge is -2.59. The van der Waals surface area contributed by atoms with Crippen molar-refractivity contribution in [2.45, 2.75) is 81.4 Å². The smallest absolute Gasteiger partial charge is 0.338 e. The van der Waals surface area contributed by atoms with Crippen LogP contribution in [-0.2, 0) is 35.6 Å². The third-order valence-electron chi connectivity index (χ3n) is 8.09. The molecule has 2 fully saturated rings. The van der Waals surface area contributed by atoms with Gasteiger partial charge in [0, 0.05) is 19.4 Å². The number of rotatable bonds is 4. The van der Waals surface area contributed by atoms with Gasteiger partial charge in [0.1, 0.15) is 5.76 Å². The van der Waals surface area contributed by atoms with Crippen molar-refractivity contribution in [2.24, 2.45) is 5.92 Å². The van der Waals surface area contributed by atoms with Gasteiger partial charge in [0.2, 0.25) is 5.79 Å². The van der Waals surface area contributed by atoms with Crippen molar-refractivity contribution in [1.82, 2.24) is 0 Å². The predicted octanol–water partition coefficient (Wildman–Crippen LogP) is 2.68. The summed E-state index contributed by atoms with van der Waals surface area (Å²) in [5.74, 6) is -0.514. The van der Waals surface area contributed by atoms with E-state index in [9.17, 15) is 14.7 Å². The number of ether oxygens (including phenoxy) is 5. The fourth-order valence-electron chi connectivity index (χ4n) is 6.85. The molecule has 5 atom stereocenters. The third kappa shape index (κ3) is 2.71. The van der Waals surface area contributed by atoms with Crippen molar-refractivity contribution in [3.8, 4) is 11.5 Å². The number of aliphatic hydroxyl groups is 1. The molecule has 0 radical (unpaired) electrons. The average molecular weight is 456 g/mol. The molecule has 8 heteroatoms. The van der Waals surface area contributed by atoms with E-state index in [1.54, 1.807) is 27.0 Å². The lowest BCUT2D eigenvalue weighted by Crippen LogP contribution is -2.67. The second-order valence-corrected chi connectivity index (χ2v) is 10.2. The first-order valence-corrected chi connectivity index (χ1v) is 11.6. The predicted molar refractivity (Wildman–Crippen MR) is 114 cm³/mol. The van der Waals surface area contributed by atoms with Crippen LogP contribution in [0.4, 0.5) is 0 Å². The van der Waals surface area contributed by atoms with Gasteiger partial charge in [0.25, 0.3) is 0 Å². The molecule has 1 spiro atoms. The second-order valence-electron chi connectivity index (χ2n) is 10.2. The Morgan fingerprint density at radius 3 is 2.85 bits per heavy atom. The van der Waals surface area contributed by atoms with E-state index in [0.717, 1.165) is 31.2 Å². The molecular formula is C25H28O8. The molecule has 1 N–H and O–H groups in total. The topological polar surface area (TPSA) is 101 Å². The number of cyclic esters (lactones) is 1. The highest BCUT2D eigenvalue weighted by atomic mass is 16.8. The van der Waals surface area contributed by atoms with Gasteiger partial charge in [-0.05, 0) is 49.3 Å². The summed E-state index contributed by atoms with van der Waals surface area (Å²) < 4.78 is 28.5.